The Kier molecular flexibility index (Phi) is 11.2. The zero-order chi connectivity index (χ0) is 19.5. The van der Waals surface area contributed by atoms with Crippen LogP contribution in [0.2, 0.25) is 0 Å². The van der Waals surface area contributed by atoms with Crippen molar-refractivity contribution in [3.63, 3.8) is 0 Å². The van der Waals surface area contributed by atoms with Crippen molar-refractivity contribution in [1.82, 2.24) is 0 Å². The molecular formula is C17H33O7P. The highest BCUT2D eigenvalue weighted by Gasteiger charge is 2.41. The fourth-order valence-corrected chi connectivity index (χ4v) is 4.21. The standard InChI is InChI=1S/C17H33O7P/c1-7-21-16(19)14(25(20,22-8-2)23-9-3)12-10-11-13-15(18)24-17(4,5)6/h14H,7-13H2,1-6H3. The first-order chi connectivity index (χ1) is 11.6. The molecule has 0 saturated carbocycles. The Morgan fingerprint density at radius 2 is 1.52 bits per heavy atom. The van der Waals surface area contributed by atoms with Crippen molar-refractivity contribution < 1.29 is 32.7 Å². The SMILES string of the molecule is CCOC(=O)C(CCCCC(=O)OC(C)(C)C)P(=O)(OCC)OCC. The summed E-state index contributed by atoms with van der Waals surface area (Å²) in [5, 5.41) is 0. The van der Waals surface area contributed by atoms with E-state index in [-0.39, 0.29) is 38.6 Å². The number of carbonyl (C=O) groups is 2. The monoisotopic (exact) mass is 380 g/mol. The summed E-state index contributed by atoms with van der Waals surface area (Å²) in [5.41, 5.74) is -1.50. The van der Waals surface area contributed by atoms with Crippen LogP contribution in [0.15, 0.2) is 0 Å². The van der Waals surface area contributed by atoms with Crippen molar-refractivity contribution in [2.24, 2.45) is 0 Å². The Morgan fingerprint density at radius 1 is 0.960 bits per heavy atom. The van der Waals surface area contributed by atoms with Crippen LogP contribution in [0.5, 0.6) is 0 Å². The van der Waals surface area contributed by atoms with E-state index in [4.69, 9.17) is 18.5 Å². The van der Waals surface area contributed by atoms with Crippen LogP contribution in [-0.4, -0.2) is 43.0 Å². The van der Waals surface area contributed by atoms with Gasteiger partial charge in [-0.15, -0.1) is 0 Å². The van der Waals surface area contributed by atoms with Crippen LogP contribution in [-0.2, 0) is 32.7 Å². The largest absolute Gasteiger partial charge is 0.465 e. The van der Waals surface area contributed by atoms with Gasteiger partial charge in [-0.05, 0) is 54.4 Å². The first-order valence-electron chi connectivity index (χ1n) is 8.86. The fraction of sp³-hybridized carbons (Fsp3) is 0.882. The molecule has 0 aromatic rings. The zero-order valence-electron chi connectivity index (χ0n) is 16.3. The molecule has 25 heavy (non-hydrogen) atoms. The van der Waals surface area contributed by atoms with Gasteiger partial charge in [-0.1, -0.05) is 6.42 Å². The first-order valence-corrected chi connectivity index (χ1v) is 10.5. The van der Waals surface area contributed by atoms with E-state index in [2.05, 4.69) is 0 Å². The maximum atomic E-state index is 12.9. The lowest BCUT2D eigenvalue weighted by atomic mass is 10.1. The van der Waals surface area contributed by atoms with Gasteiger partial charge in [0, 0.05) is 6.42 Å². The van der Waals surface area contributed by atoms with E-state index in [1.54, 1.807) is 20.8 Å². The van der Waals surface area contributed by atoms with Gasteiger partial charge in [0.2, 0.25) is 0 Å². The van der Waals surface area contributed by atoms with Gasteiger partial charge in [-0.2, -0.15) is 0 Å². The smallest absolute Gasteiger partial charge is 0.344 e. The van der Waals surface area contributed by atoms with Crippen LogP contribution >= 0.6 is 7.60 Å². The van der Waals surface area contributed by atoms with Crippen molar-refractivity contribution in [3.8, 4) is 0 Å². The molecule has 0 amide bonds. The van der Waals surface area contributed by atoms with Crippen molar-refractivity contribution in [2.75, 3.05) is 19.8 Å². The minimum atomic E-state index is -3.60. The van der Waals surface area contributed by atoms with Gasteiger partial charge in [-0.3, -0.25) is 14.2 Å². The number of esters is 2. The molecule has 7 nitrogen and oxygen atoms in total. The van der Waals surface area contributed by atoms with Crippen LogP contribution in [0.3, 0.4) is 0 Å². The first kappa shape index (κ1) is 24.1. The number of ether oxygens (including phenoxy) is 2. The molecule has 0 heterocycles. The molecule has 0 saturated heterocycles. The molecule has 0 radical (unpaired) electrons. The molecule has 0 bridgehead atoms. The van der Waals surface area contributed by atoms with Crippen LogP contribution in [0.4, 0.5) is 0 Å². The molecule has 1 atom stereocenters. The average Bonchev–Trinajstić information content (AvgIpc) is 2.45. The quantitative estimate of drug-likeness (QED) is 0.286. The zero-order valence-corrected chi connectivity index (χ0v) is 17.2. The number of rotatable bonds is 12. The van der Waals surface area contributed by atoms with Gasteiger partial charge >= 0.3 is 19.5 Å². The van der Waals surface area contributed by atoms with Crippen molar-refractivity contribution in [1.29, 1.82) is 0 Å². The predicted molar refractivity (Wildman–Crippen MR) is 95.6 cm³/mol. The molecule has 148 valence electrons. The van der Waals surface area contributed by atoms with E-state index in [1.165, 1.54) is 0 Å². The van der Waals surface area contributed by atoms with E-state index in [0.717, 1.165) is 0 Å². The molecule has 0 aromatic carbocycles. The Morgan fingerprint density at radius 3 is 1.96 bits per heavy atom. The summed E-state index contributed by atoms with van der Waals surface area (Å²) >= 11 is 0. The van der Waals surface area contributed by atoms with Gasteiger partial charge < -0.3 is 18.5 Å². The third kappa shape index (κ3) is 9.97. The lowest BCUT2D eigenvalue weighted by Gasteiger charge is -2.24. The predicted octanol–water partition coefficient (Wildman–Crippen LogP) is 4.09. The molecule has 0 aromatic heterocycles. The Labute approximate surface area is 151 Å². The van der Waals surface area contributed by atoms with E-state index in [0.29, 0.717) is 12.8 Å². The highest BCUT2D eigenvalue weighted by Crippen LogP contribution is 2.55. The normalized spacial score (nSPS) is 13.4. The van der Waals surface area contributed by atoms with Crippen molar-refractivity contribution in [2.45, 2.75) is 78.5 Å². The topological polar surface area (TPSA) is 88.1 Å². The number of carbonyl (C=O) groups excluding carboxylic acids is 2. The lowest BCUT2D eigenvalue weighted by molar-refractivity contribution is -0.154. The third-order valence-electron chi connectivity index (χ3n) is 3.09. The van der Waals surface area contributed by atoms with Gasteiger partial charge in [0.1, 0.15) is 5.60 Å². The van der Waals surface area contributed by atoms with Gasteiger partial charge in [0.25, 0.3) is 0 Å². The van der Waals surface area contributed by atoms with Gasteiger partial charge in [0.15, 0.2) is 5.66 Å². The third-order valence-corrected chi connectivity index (χ3v) is 5.56. The van der Waals surface area contributed by atoms with E-state index in [9.17, 15) is 14.2 Å². The number of hydrogen-bond acceptors (Lipinski definition) is 7. The van der Waals surface area contributed by atoms with Gasteiger partial charge in [0.05, 0.1) is 19.8 Å². The van der Waals surface area contributed by atoms with Crippen molar-refractivity contribution in [3.05, 3.63) is 0 Å². The molecule has 0 aliphatic rings. The second kappa shape index (κ2) is 11.7. The minimum absolute atomic E-state index is 0.172. The molecule has 0 fully saturated rings. The summed E-state index contributed by atoms with van der Waals surface area (Å²) in [5.74, 6) is -0.886. The second-order valence-corrected chi connectivity index (χ2v) is 8.69. The molecular weight excluding hydrogens is 347 g/mol. The van der Waals surface area contributed by atoms with Crippen LogP contribution in [0, 0.1) is 0 Å². The lowest BCUT2D eigenvalue weighted by Crippen LogP contribution is -2.26. The average molecular weight is 380 g/mol. The number of hydrogen-bond donors (Lipinski definition) is 0. The summed E-state index contributed by atoms with van der Waals surface area (Å²) in [6.07, 6.45) is 1.52. The summed E-state index contributed by atoms with van der Waals surface area (Å²) in [6.45, 7) is 11.0. The highest BCUT2D eigenvalue weighted by molar-refractivity contribution is 7.55. The van der Waals surface area contributed by atoms with Crippen LogP contribution in [0.25, 0.3) is 0 Å². The maximum absolute atomic E-state index is 12.9. The second-order valence-electron chi connectivity index (χ2n) is 6.48. The van der Waals surface area contributed by atoms with E-state index >= 15 is 0 Å². The Balaban J connectivity index is 4.78. The molecule has 0 N–H and O–H groups in total. The highest BCUT2D eigenvalue weighted by atomic mass is 31.2. The molecule has 0 aliphatic carbocycles. The Bertz CT molecular complexity index is 446. The molecule has 0 spiro atoms. The minimum Gasteiger partial charge on any atom is -0.465 e. The summed E-state index contributed by atoms with van der Waals surface area (Å²) in [6, 6.07) is 0. The molecule has 1 unspecified atom stereocenters. The summed E-state index contributed by atoms with van der Waals surface area (Å²) < 4.78 is 33.7. The molecule has 0 aliphatic heterocycles. The van der Waals surface area contributed by atoms with Gasteiger partial charge in [-0.25, -0.2) is 0 Å². The summed E-state index contributed by atoms with van der Waals surface area (Å²) in [4.78, 5) is 23.9. The maximum Gasteiger partial charge on any atom is 0.344 e. The van der Waals surface area contributed by atoms with E-state index < -0.39 is 24.8 Å². The Hall–Kier alpha value is -0.910. The fourth-order valence-electron chi connectivity index (χ4n) is 2.22. The van der Waals surface area contributed by atoms with Crippen LogP contribution in [0.1, 0.15) is 67.2 Å². The molecule has 8 heteroatoms. The molecule has 0 rings (SSSR count). The van der Waals surface area contributed by atoms with E-state index in [1.807, 2.05) is 20.8 Å². The van der Waals surface area contributed by atoms with Crippen LogP contribution < -0.4 is 0 Å². The number of unbranched alkanes of at least 4 members (excludes halogenated alkanes) is 1. The summed E-state index contributed by atoms with van der Waals surface area (Å²) in [7, 11) is -3.60. The van der Waals surface area contributed by atoms with Crippen molar-refractivity contribution >= 4 is 19.5 Å².